The first-order valence-electron chi connectivity index (χ1n) is 5.96. The number of hydrogen-bond acceptors (Lipinski definition) is 4. The quantitative estimate of drug-likeness (QED) is 0.724. The molecule has 19 heavy (non-hydrogen) atoms. The topological polar surface area (TPSA) is 60.0 Å². The highest BCUT2D eigenvalue weighted by molar-refractivity contribution is 9.08. The number of nitriles is 2. The second-order valence-corrected chi connectivity index (χ2v) is 4.55. The summed E-state index contributed by atoms with van der Waals surface area (Å²) in [6.07, 6.45) is 0.425. The van der Waals surface area contributed by atoms with Gasteiger partial charge in [-0.25, -0.2) is 0 Å². The van der Waals surface area contributed by atoms with Gasteiger partial charge >= 0.3 is 0 Å². The van der Waals surface area contributed by atoms with E-state index in [0.717, 1.165) is 16.6 Å². The van der Waals surface area contributed by atoms with Gasteiger partial charge in [-0.15, -0.1) is 0 Å². The minimum Gasteiger partial charge on any atom is -0.383 e. The van der Waals surface area contributed by atoms with E-state index in [0.29, 0.717) is 31.7 Å². The second-order valence-electron chi connectivity index (χ2n) is 3.98. The molecule has 0 radical (unpaired) electrons. The van der Waals surface area contributed by atoms with Crippen LogP contribution < -0.4 is 4.90 Å². The Bertz CT molecular complexity index is 490. The molecule has 0 aromatic heterocycles. The van der Waals surface area contributed by atoms with Crippen LogP contribution in [0, 0.1) is 22.7 Å². The van der Waals surface area contributed by atoms with Gasteiger partial charge in [0.25, 0.3) is 0 Å². The van der Waals surface area contributed by atoms with Crippen LogP contribution in [-0.2, 0) is 10.1 Å². The number of alkyl halides is 1. The summed E-state index contributed by atoms with van der Waals surface area (Å²) in [6.45, 7) is 1.83. The highest BCUT2D eigenvalue weighted by Crippen LogP contribution is 2.22. The van der Waals surface area contributed by atoms with E-state index in [2.05, 4.69) is 28.1 Å². The molecule has 0 aliphatic rings. The van der Waals surface area contributed by atoms with Gasteiger partial charge in [-0.2, -0.15) is 10.5 Å². The number of nitrogens with zero attached hydrogens (tertiary/aromatic N) is 3. The first kappa shape index (κ1) is 15.5. The standard InChI is InChI=1S/C14H16BrN3O/c1-19-8-7-18(6-2-5-16)14-4-3-12(10-15)9-13(14)11-17/h3-4,9H,2,6-8,10H2,1H3. The molecule has 0 aliphatic heterocycles. The van der Waals surface area contributed by atoms with Crippen molar-refractivity contribution in [2.24, 2.45) is 0 Å². The van der Waals surface area contributed by atoms with E-state index in [-0.39, 0.29) is 0 Å². The summed E-state index contributed by atoms with van der Waals surface area (Å²) >= 11 is 3.38. The van der Waals surface area contributed by atoms with Crippen molar-refractivity contribution in [3.63, 3.8) is 0 Å². The second kappa shape index (κ2) is 8.53. The smallest absolute Gasteiger partial charge is 0.101 e. The predicted molar refractivity (Wildman–Crippen MR) is 78.1 cm³/mol. The van der Waals surface area contributed by atoms with Crippen LogP contribution in [0.3, 0.4) is 0 Å². The average Bonchev–Trinajstić information content (AvgIpc) is 2.47. The third-order valence-electron chi connectivity index (χ3n) is 2.74. The molecule has 0 heterocycles. The van der Waals surface area contributed by atoms with Crippen molar-refractivity contribution >= 4 is 21.6 Å². The van der Waals surface area contributed by atoms with E-state index in [1.165, 1.54) is 0 Å². The van der Waals surface area contributed by atoms with Crippen molar-refractivity contribution in [3.8, 4) is 12.1 Å². The zero-order valence-electron chi connectivity index (χ0n) is 10.9. The van der Waals surface area contributed by atoms with Gasteiger partial charge in [-0.1, -0.05) is 22.0 Å². The van der Waals surface area contributed by atoms with E-state index in [4.69, 9.17) is 10.00 Å². The van der Waals surface area contributed by atoms with E-state index < -0.39 is 0 Å². The Hall–Kier alpha value is -1.56. The highest BCUT2D eigenvalue weighted by atomic mass is 79.9. The molecule has 0 spiro atoms. The number of ether oxygens (including phenoxy) is 1. The zero-order valence-corrected chi connectivity index (χ0v) is 12.5. The monoisotopic (exact) mass is 321 g/mol. The van der Waals surface area contributed by atoms with Crippen LogP contribution in [0.25, 0.3) is 0 Å². The van der Waals surface area contributed by atoms with Gasteiger partial charge in [0.15, 0.2) is 0 Å². The number of anilines is 1. The SMILES string of the molecule is COCCN(CCC#N)c1ccc(CBr)cc1C#N. The molecule has 0 saturated carbocycles. The Morgan fingerprint density at radius 3 is 2.68 bits per heavy atom. The first-order chi connectivity index (χ1) is 9.26. The Kier molecular flexibility index (Phi) is 6.95. The number of halogens is 1. The molecule has 1 aromatic carbocycles. The van der Waals surface area contributed by atoms with Crippen LogP contribution in [0.2, 0.25) is 0 Å². The van der Waals surface area contributed by atoms with Crippen LogP contribution in [0.1, 0.15) is 17.5 Å². The molecule has 0 unspecified atom stereocenters. The first-order valence-corrected chi connectivity index (χ1v) is 7.08. The lowest BCUT2D eigenvalue weighted by molar-refractivity contribution is 0.205. The molecule has 0 fully saturated rings. The molecule has 0 amide bonds. The molecule has 0 N–H and O–H groups in total. The Balaban J connectivity index is 3.00. The summed E-state index contributed by atoms with van der Waals surface area (Å²) in [4.78, 5) is 2.02. The number of rotatable bonds is 7. The summed E-state index contributed by atoms with van der Waals surface area (Å²) in [7, 11) is 1.64. The van der Waals surface area contributed by atoms with Crippen molar-refractivity contribution in [2.75, 3.05) is 31.7 Å². The van der Waals surface area contributed by atoms with Crippen LogP contribution in [-0.4, -0.2) is 26.8 Å². The lowest BCUT2D eigenvalue weighted by Crippen LogP contribution is -2.28. The molecule has 0 bridgehead atoms. The van der Waals surface area contributed by atoms with Gasteiger partial charge in [-0.05, 0) is 17.7 Å². The molecular formula is C14H16BrN3O. The van der Waals surface area contributed by atoms with E-state index in [9.17, 15) is 5.26 Å². The van der Waals surface area contributed by atoms with Crippen molar-refractivity contribution in [2.45, 2.75) is 11.8 Å². The summed E-state index contributed by atoms with van der Waals surface area (Å²) in [5.41, 5.74) is 2.55. The summed E-state index contributed by atoms with van der Waals surface area (Å²) in [5.74, 6) is 0. The fourth-order valence-electron chi connectivity index (χ4n) is 1.77. The Morgan fingerprint density at radius 1 is 1.32 bits per heavy atom. The fraction of sp³-hybridized carbons (Fsp3) is 0.429. The van der Waals surface area contributed by atoms with Crippen molar-refractivity contribution in [1.29, 1.82) is 10.5 Å². The summed E-state index contributed by atoms with van der Waals surface area (Å²) < 4.78 is 5.08. The van der Waals surface area contributed by atoms with Gasteiger partial charge in [0.05, 0.1) is 30.3 Å². The van der Waals surface area contributed by atoms with E-state index >= 15 is 0 Å². The van der Waals surface area contributed by atoms with Gasteiger partial charge in [-0.3, -0.25) is 0 Å². The van der Waals surface area contributed by atoms with Crippen molar-refractivity contribution in [1.82, 2.24) is 0 Å². The molecule has 0 atom stereocenters. The number of methoxy groups -OCH3 is 1. The van der Waals surface area contributed by atoms with Crippen LogP contribution >= 0.6 is 15.9 Å². The van der Waals surface area contributed by atoms with E-state index in [1.807, 2.05) is 23.1 Å². The van der Waals surface area contributed by atoms with Crippen molar-refractivity contribution in [3.05, 3.63) is 29.3 Å². The molecule has 0 saturated heterocycles. The average molecular weight is 322 g/mol. The lowest BCUT2D eigenvalue weighted by Gasteiger charge is -2.24. The maximum atomic E-state index is 9.25. The predicted octanol–water partition coefficient (Wildman–Crippen LogP) is 2.82. The maximum absolute atomic E-state index is 9.25. The Labute approximate surface area is 122 Å². The van der Waals surface area contributed by atoms with Gasteiger partial charge in [0.2, 0.25) is 0 Å². The van der Waals surface area contributed by atoms with Gasteiger partial charge < -0.3 is 9.64 Å². The minimum absolute atomic E-state index is 0.425. The summed E-state index contributed by atoms with van der Waals surface area (Å²) in [5, 5.41) is 18.7. The van der Waals surface area contributed by atoms with Gasteiger partial charge in [0.1, 0.15) is 6.07 Å². The number of hydrogen-bond donors (Lipinski definition) is 0. The van der Waals surface area contributed by atoms with Crippen LogP contribution in [0.5, 0.6) is 0 Å². The molecule has 1 aromatic rings. The zero-order chi connectivity index (χ0) is 14.1. The number of benzene rings is 1. The third-order valence-corrected chi connectivity index (χ3v) is 3.38. The third kappa shape index (κ3) is 4.55. The van der Waals surface area contributed by atoms with Crippen molar-refractivity contribution < 1.29 is 4.74 Å². The van der Waals surface area contributed by atoms with Crippen LogP contribution in [0.15, 0.2) is 18.2 Å². The molecule has 1 rings (SSSR count). The normalized spacial score (nSPS) is 9.68. The summed E-state index contributed by atoms with van der Waals surface area (Å²) in [6, 6.07) is 10.1. The molecule has 0 aliphatic carbocycles. The highest BCUT2D eigenvalue weighted by Gasteiger charge is 2.11. The Morgan fingerprint density at radius 2 is 2.11 bits per heavy atom. The van der Waals surface area contributed by atoms with Gasteiger partial charge in [0, 0.05) is 25.5 Å². The minimum atomic E-state index is 0.425. The van der Waals surface area contributed by atoms with Crippen LogP contribution in [0.4, 0.5) is 5.69 Å². The molecule has 100 valence electrons. The lowest BCUT2D eigenvalue weighted by atomic mass is 10.1. The molecule has 4 nitrogen and oxygen atoms in total. The molecule has 5 heteroatoms. The largest absolute Gasteiger partial charge is 0.383 e. The molecular weight excluding hydrogens is 306 g/mol. The fourth-order valence-corrected chi connectivity index (χ4v) is 2.12. The maximum Gasteiger partial charge on any atom is 0.101 e. The van der Waals surface area contributed by atoms with E-state index in [1.54, 1.807) is 7.11 Å².